The summed E-state index contributed by atoms with van der Waals surface area (Å²) >= 11 is 0. The topological polar surface area (TPSA) is 57.5 Å². The molecule has 0 atom stereocenters. The molecule has 0 amide bonds. The van der Waals surface area contributed by atoms with Gasteiger partial charge in [0.15, 0.2) is 0 Å². The van der Waals surface area contributed by atoms with E-state index in [1.807, 2.05) is 0 Å². The molecule has 0 heterocycles. The van der Waals surface area contributed by atoms with Crippen LogP contribution >= 0.6 is 0 Å². The molecule has 2 N–H and O–H groups in total. The summed E-state index contributed by atoms with van der Waals surface area (Å²) < 4.78 is 0. The van der Waals surface area contributed by atoms with Crippen LogP contribution in [0.1, 0.15) is 32.1 Å². The van der Waals surface area contributed by atoms with Crippen molar-refractivity contribution in [2.24, 2.45) is 5.92 Å². The fourth-order valence-electron chi connectivity index (χ4n) is 1.60. The molecule has 4 heteroatoms. The van der Waals surface area contributed by atoms with E-state index in [0.717, 1.165) is 25.7 Å². The van der Waals surface area contributed by atoms with Crippen LogP contribution in [-0.4, -0.2) is 73.7 Å². The maximum atomic E-state index is 10.3. The zero-order valence-electron chi connectivity index (χ0n) is 7.49. The first-order valence-corrected chi connectivity index (χ1v) is 4.08. The number of aliphatic hydroxyl groups excluding tert-OH is 1. The molecule has 1 saturated carbocycles. The van der Waals surface area contributed by atoms with Gasteiger partial charge in [-0.2, -0.15) is 0 Å². The van der Waals surface area contributed by atoms with Crippen LogP contribution in [0.4, 0.5) is 0 Å². The summed E-state index contributed by atoms with van der Waals surface area (Å²) in [5, 5.41) is 17.6. The van der Waals surface area contributed by atoms with E-state index in [1.54, 1.807) is 0 Å². The van der Waals surface area contributed by atoms with Gasteiger partial charge in [-0.05, 0) is 31.6 Å². The van der Waals surface area contributed by atoms with Crippen LogP contribution in [0.25, 0.3) is 0 Å². The Morgan fingerprint density at radius 1 is 1.25 bits per heavy atom. The molecule has 0 aromatic heterocycles. The molecule has 3 nitrogen and oxygen atoms in total. The minimum atomic E-state index is -0.716. The molecular weight excluding hydrogens is 183 g/mol. The Labute approximate surface area is 115 Å². The number of hydrogen-bond acceptors (Lipinski definition) is 2. The van der Waals surface area contributed by atoms with E-state index in [9.17, 15) is 4.79 Å². The number of carboxylic acid groups (broad SMARTS) is 1. The number of aliphatic hydroxyl groups is 1. The average molecular weight is 197 g/mol. The van der Waals surface area contributed by atoms with Gasteiger partial charge >= 0.3 is 5.97 Å². The Morgan fingerprint density at radius 2 is 1.75 bits per heavy atom. The minimum Gasteiger partial charge on any atom is -0.481 e. The van der Waals surface area contributed by atoms with Crippen LogP contribution in [0.2, 0.25) is 0 Å². The van der Waals surface area contributed by atoms with E-state index in [2.05, 4.69) is 0 Å². The van der Waals surface area contributed by atoms with Gasteiger partial charge in [0.05, 0.1) is 6.10 Å². The Kier molecular flexibility index (Phi) is 7.09. The van der Waals surface area contributed by atoms with E-state index in [-0.39, 0.29) is 63.9 Å². The number of carbonyl (C=O) groups is 1. The predicted octanol–water partition coefficient (Wildman–Crippen LogP) is 0.631. The van der Waals surface area contributed by atoms with Gasteiger partial charge in [-0.3, -0.25) is 4.79 Å². The van der Waals surface area contributed by atoms with Crippen molar-refractivity contribution < 1.29 is 15.0 Å². The van der Waals surface area contributed by atoms with Crippen molar-refractivity contribution in [2.75, 3.05) is 0 Å². The number of hydrogen-bond donors (Lipinski definition) is 2. The maximum absolute atomic E-state index is 10.3. The quantitative estimate of drug-likeness (QED) is 0.638. The third-order valence-corrected chi connectivity index (χ3v) is 2.28. The summed E-state index contributed by atoms with van der Waals surface area (Å²) in [7, 11) is 0. The molecule has 0 spiro atoms. The molecule has 1 fully saturated rings. The Bertz CT molecular complexity index is 141. The van der Waals surface area contributed by atoms with Gasteiger partial charge in [-0.1, -0.05) is 0 Å². The average Bonchev–Trinajstić information content (AvgIpc) is 1.93. The fourth-order valence-corrected chi connectivity index (χ4v) is 1.60. The molecule has 1 radical (unpaired) electrons. The van der Waals surface area contributed by atoms with Crippen LogP contribution in [0.15, 0.2) is 0 Å². The van der Waals surface area contributed by atoms with Crippen molar-refractivity contribution in [3.63, 3.8) is 0 Å². The van der Waals surface area contributed by atoms with Crippen molar-refractivity contribution in [1.82, 2.24) is 0 Å². The molecule has 1 rings (SSSR count). The van der Waals surface area contributed by atoms with Crippen molar-refractivity contribution in [2.45, 2.75) is 38.2 Å². The Balaban J connectivity index is 0.00000121. The van der Waals surface area contributed by atoms with Crippen LogP contribution in [0.3, 0.4) is 0 Å². The van der Waals surface area contributed by atoms with Gasteiger partial charge in [0.25, 0.3) is 0 Å². The smallest absolute Gasteiger partial charge is 0.303 e. The van der Waals surface area contributed by atoms with Crippen molar-refractivity contribution in [3.8, 4) is 0 Å². The van der Waals surface area contributed by atoms with Crippen LogP contribution in [-0.2, 0) is 4.79 Å². The van der Waals surface area contributed by atoms with E-state index >= 15 is 0 Å². The first-order valence-electron chi connectivity index (χ1n) is 4.08. The molecule has 0 bridgehead atoms. The van der Waals surface area contributed by atoms with Crippen LogP contribution in [0.5, 0.6) is 0 Å². The van der Waals surface area contributed by atoms with Gasteiger partial charge in [0.2, 0.25) is 0 Å². The van der Waals surface area contributed by atoms with E-state index in [1.165, 1.54) is 0 Å². The second-order valence-electron chi connectivity index (χ2n) is 3.27. The third-order valence-electron chi connectivity index (χ3n) is 2.28. The van der Waals surface area contributed by atoms with Crippen molar-refractivity contribution >= 4 is 57.4 Å². The Hall–Kier alpha value is 1.07. The van der Waals surface area contributed by atoms with Gasteiger partial charge < -0.3 is 10.2 Å². The second-order valence-corrected chi connectivity index (χ2v) is 3.27. The zero-order chi connectivity index (χ0) is 8.27. The molecule has 1 aliphatic rings. The molecule has 1 aliphatic carbocycles. The molecular formula is C8H14KO3. The predicted molar refractivity (Wildman–Crippen MR) is 46.0 cm³/mol. The molecule has 12 heavy (non-hydrogen) atoms. The molecule has 0 aliphatic heterocycles. The molecule has 65 valence electrons. The summed E-state index contributed by atoms with van der Waals surface area (Å²) in [6.45, 7) is 0. The van der Waals surface area contributed by atoms with Crippen molar-refractivity contribution in [3.05, 3.63) is 0 Å². The molecule has 0 aromatic rings. The number of rotatable bonds is 2. The van der Waals surface area contributed by atoms with Crippen LogP contribution < -0.4 is 0 Å². The largest absolute Gasteiger partial charge is 0.481 e. The van der Waals surface area contributed by atoms with Gasteiger partial charge in [0, 0.05) is 57.8 Å². The van der Waals surface area contributed by atoms with E-state index in [4.69, 9.17) is 10.2 Å². The van der Waals surface area contributed by atoms with E-state index in [0.29, 0.717) is 5.92 Å². The molecule has 0 unspecified atom stereocenters. The first kappa shape index (κ1) is 13.1. The number of aliphatic carboxylic acids is 1. The summed E-state index contributed by atoms with van der Waals surface area (Å²) in [5.41, 5.74) is 0. The maximum Gasteiger partial charge on any atom is 0.303 e. The standard InChI is InChI=1S/C8H14O3.K/c9-7-3-1-6(2-4-7)5-8(10)11;/h6-7,9H,1-5H2,(H,10,11);/t6-,7-;. The third kappa shape index (κ3) is 4.94. The number of carboxylic acids is 1. The minimum absolute atomic E-state index is 0. The van der Waals surface area contributed by atoms with E-state index < -0.39 is 5.97 Å². The summed E-state index contributed by atoms with van der Waals surface area (Å²) in [6, 6.07) is 0. The normalized spacial score (nSPS) is 29.1. The second kappa shape index (κ2) is 6.51. The molecule has 0 aromatic carbocycles. The zero-order valence-corrected chi connectivity index (χ0v) is 10.6. The summed E-state index contributed by atoms with van der Waals surface area (Å²) in [5.74, 6) is -0.415. The monoisotopic (exact) mass is 197 g/mol. The van der Waals surface area contributed by atoms with Gasteiger partial charge in [-0.15, -0.1) is 0 Å². The van der Waals surface area contributed by atoms with Gasteiger partial charge in [-0.25, -0.2) is 0 Å². The first-order chi connectivity index (χ1) is 5.18. The van der Waals surface area contributed by atoms with Gasteiger partial charge in [0.1, 0.15) is 0 Å². The Morgan fingerprint density at radius 3 is 2.17 bits per heavy atom. The summed E-state index contributed by atoms with van der Waals surface area (Å²) in [6.07, 6.45) is 3.38. The fraction of sp³-hybridized carbons (Fsp3) is 0.875. The SMILES string of the molecule is O=C(O)C[C@H]1CC[C@H](O)CC1.[K]. The van der Waals surface area contributed by atoms with Crippen molar-refractivity contribution in [1.29, 1.82) is 0 Å². The summed E-state index contributed by atoms with van der Waals surface area (Å²) in [4.78, 5) is 10.3. The van der Waals surface area contributed by atoms with Crippen LogP contribution in [0, 0.1) is 5.92 Å². The molecule has 0 saturated heterocycles.